The quantitative estimate of drug-likeness (QED) is 0.647. The highest BCUT2D eigenvalue weighted by Crippen LogP contribution is 2.26. The van der Waals surface area contributed by atoms with Crippen LogP contribution >= 0.6 is 0 Å². The topological polar surface area (TPSA) is 113 Å². The standard InChI is InChI=1S/C9H8FN3O4S/c1-6(5-11)12-18(16,17)9-7(10)3-2-4-8(9)13(14)15/h2-4,6,12H,1H3. The molecule has 9 heteroatoms. The fraction of sp³-hybridized carbons (Fsp3) is 0.222. The summed E-state index contributed by atoms with van der Waals surface area (Å²) in [7, 11) is -4.47. The Labute approximate surface area is 102 Å². The molecule has 0 saturated heterocycles. The number of nitrogens with one attached hydrogen (secondary N) is 1. The van der Waals surface area contributed by atoms with Crippen LogP contribution in [0.1, 0.15) is 6.92 Å². The Bertz CT molecular complexity index is 623. The highest BCUT2D eigenvalue weighted by molar-refractivity contribution is 7.89. The Morgan fingerprint density at radius 3 is 2.67 bits per heavy atom. The zero-order chi connectivity index (χ0) is 13.9. The van der Waals surface area contributed by atoms with Crippen molar-refractivity contribution < 1.29 is 17.7 Å². The first-order chi connectivity index (χ1) is 8.29. The molecule has 0 bridgehead atoms. The molecule has 18 heavy (non-hydrogen) atoms. The molecule has 0 spiro atoms. The Morgan fingerprint density at radius 1 is 1.56 bits per heavy atom. The molecule has 1 aromatic carbocycles. The molecule has 0 aromatic heterocycles. The lowest BCUT2D eigenvalue weighted by molar-refractivity contribution is -0.388. The number of nitro groups is 1. The van der Waals surface area contributed by atoms with E-state index in [0.717, 1.165) is 18.2 Å². The van der Waals surface area contributed by atoms with E-state index in [9.17, 15) is 22.9 Å². The molecule has 1 rings (SSSR count). The number of nitrogens with zero attached hydrogens (tertiary/aromatic N) is 2. The summed E-state index contributed by atoms with van der Waals surface area (Å²) in [6.45, 7) is 1.23. The van der Waals surface area contributed by atoms with Gasteiger partial charge in [-0.05, 0) is 13.0 Å². The molecular weight excluding hydrogens is 265 g/mol. The van der Waals surface area contributed by atoms with Gasteiger partial charge in [0, 0.05) is 6.07 Å². The van der Waals surface area contributed by atoms with Gasteiger partial charge < -0.3 is 0 Å². The lowest BCUT2D eigenvalue weighted by Gasteiger charge is -2.08. The summed E-state index contributed by atoms with van der Waals surface area (Å²) in [6.07, 6.45) is 0. The first-order valence-corrected chi connectivity index (χ1v) is 6.12. The van der Waals surface area contributed by atoms with Crippen molar-refractivity contribution >= 4 is 15.7 Å². The Hall–Kier alpha value is -2.05. The van der Waals surface area contributed by atoms with Crippen LogP contribution in [0.4, 0.5) is 10.1 Å². The molecule has 1 N–H and O–H groups in total. The summed E-state index contributed by atoms with van der Waals surface area (Å²) < 4.78 is 38.8. The second kappa shape index (κ2) is 5.07. The van der Waals surface area contributed by atoms with E-state index in [-0.39, 0.29) is 0 Å². The minimum atomic E-state index is -4.47. The van der Waals surface area contributed by atoms with Gasteiger partial charge in [-0.1, -0.05) is 6.07 Å². The number of hydrogen-bond acceptors (Lipinski definition) is 5. The normalized spacial score (nSPS) is 12.7. The average Bonchev–Trinajstić information content (AvgIpc) is 2.27. The van der Waals surface area contributed by atoms with Gasteiger partial charge in [-0.3, -0.25) is 10.1 Å². The van der Waals surface area contributed by atoms with Gasteiger partial charge in [-0.2, -0.15) is 9.98 Å². The molecule has 7 nitrogen and oxygen atoms in total. The molecule has 0 radical (unpaired) electrons. The Balaban J connectivity index is 3.41. The fourth-order valence-electron chi connectivity index (χ4n) is 1.23. The molecular formula is C9H8FN3O4S. The van der Waals surface area contributed by atoms with E-state index in [1.807, 2.05) is 4.72 Å². The number of benzene rings is 1. The van der Waals surface area contributed by atoms with Crippen LogP contribution in [0.5, 0.6) is 0 Å². The van der Waals surface area contributed by atoms with Crippen molar-refractivity contribution in [2.75, 3.05) is 0 Å². The summed E-state index contributed by atoms with van der Waals surface area (Å²) in [5.41, 5.74) is -0.882. The molecule has 0 aliphatic carbocycles. The molecule has 1 atom stereocenters. The van der Waals surface area contributed by atoms with Gasteiger partial charge in [-0.25, -0.2) is 12.8 Å². The van der Waals surface area contributed by atoms with E-state index < -0.39 is 37.4 Å². The summed E-state index contributed by atoms with van der Waals surface area (Å²) >= 11 is 0. The highest BCUT2D eigenvalue weighted by Gasteiger charge is 2.30. The van der Waals surface area contributed by atoms with Gasteiger partial charge in [0.05, 0.1) is 11.0 Å². The second-order valence-electron chi connectivity index (χ2n) is 3.32. The van der Waals surface area contributed by atoms with Crippen LogP contribution in [-0.4, -0.2) is 19.4 Å². The number of nitro benzene ring substituents is 1. The van der Waals surface area contributed by atoms with Crippen molar-refractivity contribution in [2.45, 2.75) is 17.9 Å². The highest BCUT2D eigenvalue weighted by atomic mass is 32.2. The van der Waals surface area contributed by atoms with Crippen molar-refractivity contribution in [3.05, 3.63) is 34.1 Å². The minimum Gasteiger partial charge on any atom is -0.258 e. The van der Waals surface area contributed by atoms with Crippen LogP contribution in [0, 0.1) is 27.3 Å². The van der Waals surface area contributed by atoms with Crippen LogP contribution in [-0.2, 0) is 10.0 Å². The predicted molar refractivity (Wildman–Crippen MR) is 58.5 cm³/mol. The SMILES string of the molecule is CC(C#N)NS(=O)(=O)c1c(F)cccc1[N+](=O)[O-]. The third kappa shape index (κ3) is 2.79. The lowest BCUT2D eigenvalue weighted by atomic mass is 10.3. The van der Waals surface area contributed by atoms with Crippen LogP contribution < -0.4 is 4.72 Å². The Morgan fingerprint density at radius 2 is 2.17 bits per heavy atom. The first-order valence-electron chi connectivity index (χ1n) is 4.64. The maximum absolute atomic E-state index is 13.5. The van der Waals surface area contributed by atoms with E-state index in [1.54, 1.807) is 6.07 Å². The summed E-state index contributed by atoms with van der Waals surface area (Å²) in [4.78, 5) is 8.58. The van der Waals surface area contributed by atoms with Crippen molar-refractivity contribution in [3.63, 3.8) is 0 Å². The molecule has 96 valence electrons. The van der Waals surface area contributed by atoms with E-state index in [0.29, 0.717) is 0 Å². The van der Waals surface area contributed by atoms with Crippen molar-refractivity contribution in [3.8, 4) is 6.07 Å². The summed E-state index contributed by atoms with van der Waals surface area (Å²) in [5, 5.41) is 19.1. The van der Waals surface area contributed by atoms with Crippen LogP contribution in [0.15, 0.2) is 23.1 Å². The zero-order valence-corrected chi connectivity index (χ0v) is 9.94. The zero-order valence-electron chi connectivity index (χ0n) is 9.12. The van der Waals surface area contributed by atoms with Gasteiger partial charge in [0.15, 0.2) is 4.90 Å². The van der Waals surface area contributed by atoms with Gasteiger partial charge in [0.1, 0.15) is 11.9 Å². The molecule has 0 saturated carbocycles. The third-order valence-electron chi connectivity index (χ3n) is 1.94. The number of rotatable bonds is 4. The van der Waals surface area contributed by atoms with Gasteiger partial charge >= 0.3 is 0 Å². The predicted octanol–water partition coefficient (Wildman–Crippen LogP) is 0.924. The first kappa shape index (κ1) is 14.0. The van der Waals surface area contributed by atoms with Gasteiger partial charge in [0.2, 0.25) is 0 Å². The maximum Gasteiger partial charge on any atom is 0.292 e. The fourth-order valence-corrected chi connectivity index (χ4v) is 2.60. The largest absolute Gasteiger partial charge is 0.292 e. The number of hydrogen-bond donors (Lipinski definition) is 1. The van der Waals surface area contributed by atoms with Crippen LogP contribution in [0.3, 0.4) is 0 Å². The molecule has 1 aromatic rings. The minimum absolute atomic E-state index is 0.790. The smallest absolute Gasteiger partial charge is 0.258 e. The van der Waals surface area contributed by atoms with Crippen molar-refractivity contribution in [1.82, 2.24) is 4.72 Å². The molecule has 0 heterocycles. The number of halogens is 1. The molecule has 1 unspecified atom stereocenters. The van der Waals surface area contributed by atoms with E-state index in [4.69, 9.17) is 5.26 Å². The number of nitriles is 1. The average molecular weight is 273 g/mol. The van der Waals surface area contributed by atoms with Crippen LogP contribution in [0.25, 0.3) is 0 Å². The lowest BCUT2D eigenvalue weighted by Crippen LogP contribution is -2.32. The molecule has 0 fully saturated rings. The van der Waals surface area contributed by atoms with Crippen LogP contribution in [0.2, 0.25) is 0 Å². The molecule has 0 amide bonds. The van der Waals surface area contributed by atoms with E-state index >= 15 is 0 Å². The Kier molecular flexibility index (Phi) is 3.95. The van der Waals surface area contributed by atoms with E-state index in [1.165, 1.54) is 6.92 Å². The third-order valence-corrected chi connectivity index (χ3v) is 3.54. The summed E-state index contributed by atoms with van der Waals surface area (Å²) in [6, 6.07) is 3.13. The maximum atomic E-state index is 13.5. The monoisotopic (exact) mass is 273 g/mol. The van der Waals surface area contributed by atoms with Crippen molar-refractivity contribution in [1.29, 1.82) is 5.26 Å². The van der Waals surface area contributed by atoms with Crippen molar-refractivity contribution in [2.24, 2.45) is 0 Å². The van der Waals surface area contributed by atoms with E-state index in [2.05, 4.69) is 0 Å². The van der Waals surface area contributed by atoms with Gasteiger partial charge in [0.25, 0.3) is 15.7 Å². The second-order valence-corrected chi connectivity index (χ2v) is 4.97. The molecule has 0 aliphatic heterocycles. The number of sulfonamides is 1. The van der Waals surface area contributed by atoms with Gasteiger partial charge in [-0.15, -0.1) is 0 Å². The molecule has 0 aliphatic rings. The summed E-state index contributed by atoms with van der Waals surface area (Å²) in [5.74, 6) is -1.25.